The number of piperazine rings is 1. The van der Waals surface area contributed by atoms with Crippen molar-refractivity contribution in [3.05, 3.63) is 60.7 Å². The molecule has 0 unspecified atom stereocenters. The van der Waals surface area contributed by atoms with E-state index < -0.39 is 26.1 Å². The summed E-state index contributed by atoms with van der Waals surface area (Å²) in [6, 6.07) is 14.9. The van der Waals surface area contributed by atoms with Crippen molar-refractivity contribution in [3.8, 4) is 0 Å². The van der Waals surface area contributed by atoms with Crippen molar-refractivity contribution in [1.29, 1.82) is 0 Å². The van der Waals surface area contributed by atoms with Gasteiger partial charge in [-0.2, -0.15) is 8.61 Å². The van der Waals surface area contributed by atoms with Crippen molar-refractivity contribution in [2.75, 3.05) is 32.7 Å². The second kappa shape index (κ2) is 9.54. The van der Waals surface area contributed by atoms with Gasteiger partial charge in [-0.25, -0.2) is 16.8 Å². The van der Waals surface area contributed by atoms with E-state index in [1.165, 1.54) is 32.9 Å². The summed E-state index contributed by atoms with van der Waals surface area (Å²) in [5.41, 5.74) is 0. The van der Waals surface area contributed by atoms with Gasteiger partial charge in [-0.15, -0.1) is 0 Å². The van der Waals surface area contributed by atoms with Crippen LogP contribution in [0.25, 0.3) is 0 Å². The predicted molar refractivity (Wildman–Crippen MR) is 124 cm³/mol. The molecule has 0 bridgehead atoms. The third kappa shape index (κ3) is 4.84. The molecule has 0 aromatic heterocycles. The smallest absolute Gasteiger partial charge is 0.243 e. The number of amides is 1. The Morgan fingerprint density at radius 2 is 1.27 bits per heavy atom. The Labute approximate surface area is 195 Å². The fraction of sp³-hybridized carbons (Fsp3) is 0.435. The number of piperidine rings is 1. The lowest BCUT2D eigenvalue weighted by atomic mass is 9.98. The highest BCUT2D eigenvalue weighted by atomic mass is 32.2. The summed E-state index contributed by atoms with van der Waals surface area (Å²) in [6.45, 7) is 2.88. The van der Waals surface area contributed by atoms with Gasteiger partial charge in [-0.1, -0.05) is 43.3 Å². The lowest BCUT2D eigenvalue weighted by Crippen LogP contribution is -2.62. The summed E-state index contributed by atoms with van der Waals surface area (Å²) < 4.78 is 55.8. The van der Waals surface area contributed by atoms with Crippen molar-refractivity contribution >= 4 is 26.0 Å². The lowest BCUT2D eigenvalue weighted by Gasteiger charge is -2.42. The maximum Gasteiger partial charge on any atom is 0.243 e. The minimum Gasteiger partial charge on any atom is -0.341 e. The van der Waals surface area contributed by atoms with Crippen LogP contribution in [-0.4, -0.2) is 75.0 Å². The van der Waals surface area contributed by atoms with Gasteiger partial charge in [-0.05, 0) is 43.0 Å². The van der Waals surface area contributed by atoms with E-state index in [1.54, 1.807) is 41.3 Å². The Balaban J connectivity index is 1.67. The summed E-state index contributed by atoms with van der Waals surface area (Å²) in [6.07, 6.45) is 1.69. The van der Waals surface area contributed by atoms with Crippen molar-refractivity contribution in [3.63, 3.8) is 0 Å². The number of rotatable bonds is 5. The number of carbonyl (C=O) groups is 1. The van der Waals surface area contributed by atoms with E-state index in [0.717, 1.165) is 12.8 Å². The predicted octanol–water partition coefficient (Wildman–Crippen LogP) is 2.01. The first-order valence-electron chi connectivity index (χ1n) is 11.1. The standard InChI is InChI=1S/C23H29N3O5S2/c1-19-12-14-24(15-13-19)23(27)22-18-25(32(28,29)20-8-4-2-5-9-20)16-17-26(22)33(30,31)21-10-6-3-7-11-21/h2-11,19,22H,12-18H2,1H3/t22-/m0/s1. The second-order valence-corrected chi connectivity index (χ2v) is 12.5. The van der Waals surface area contributed by atoms with Gasteiger partial charge < -0.3 is 4.90 Å². The number of sulfonamides is 2. The summed E-state index contributed by atoms with van der Waals surface area (Å²) in [7, 11) is -7.84. The van der Waals surface area contributed by atoms with Crippen molar-refractivity contribution < 1.29 is 21.6 Å². The molecule has 0 N–H and O–H groups in total. The molecular formula is C23H29N3O5S2. The molecule has 2 heterocycles. The van der Waals surface area contributed by atoms with Crippen LogP contribution >= 0.6 is 0 Å². The van der Waals surface area contributed by atoms with E-state index in [1.807, 2.05) is 0 Å². The third-order valence-electron chi connectivity index (χ3n) is 6.41. The monoisotopic (exact) mass is 491 g/mol. The highest BCUT2D eigenvalue weighted by Gasteiger charge is 2.45. The molecule has 178 valence electrons. The van der Waals surface area contributed by atoms with Gasteiger partial charge in [0.2, 0.25) is 26.0 Å². The minimum atomic E-state index is -3.97. The van der Waals surface area contributed by atoms with Crippen LogP contribution in [0.5, 0.6) is 0 Å². The van der Waals surface area contributed by atoms with Gasteiger partial charge in [0.1, 0.15) is 6.04 Å². The first-order valence-corrected chi connectivity index (χ1v) is 14.0. The maximum atomic E-state index is 13.6. The number of hydrogen-bond donors (Lipinski definition) is 0. The molecule has 8 nitrogen and oxygen atoms in total. The molecule has 33 heavy (non-hydrogen) atoms. The quantitative estimate of drug-likeness (QED) is 0.638. The molecule has 2 fully saturated rings. The van der Waals surface area contributed by atoms with Crippen LogP contribution in [0, 0.1) is 5.92 Å². The number of carbonyl (C=O) groups excluding carboxylic acids is 1. The van der Waals surface area contributed by atoms with Crippen LogP contribution in [-0.2, 0) is 24.8 Å². The highest BCUT2D eigenvalue weighted by Crippen LogP contribution is 2.27. The van der Waals surface area contributed by atoms with Crippen molar-refractivity contribution in [1.82, 2.24) is 13.5 Å². The van der Waals surface area contributed by atoms with E-state index in [-0.39, 0.29) is 35.3 Å². The number of benzene rings is 2. The average Bonchev–Trinajstić information content (AvgIpc) is 2.84. The van der Waals surface area contributed by atoms with E-state index in [0.29, 0.717) is 19.0 Å². The summed E-state index contributed by atoms with van der Waals surface area (Å²) in [5, 5.41) is 0. The first kappa shape index (κ1) is 23.9. The first-order chi connectivity index (χ1) is 15.7. The SMILES string of the molecule is CC1CCN(C(=O)[C@@H]2CN(S(=O)(=O)c3ccccc3)CCN2S(=O)(=O)c2ccccc2)CC1. The fourth-order valence-corrected chi connectivity index (χ4v) is 7.40. The van der Waals surface area contributed by atoms with Crippen LogP contribution in [0.3, 0.4) is 0 Å². The highest BCUT2D eigenvalue weighted by molar-refractivity contribution is 7.89. The van der Waals surface area contributed by atoms with Gasteiger partial charge >= 0.3 is 0 Å². The zero-order valence-corrected chi connectivity index (χ0v) is 20.2. The van der Waals surface area contributed by atoms with Gasteiger partial charge in [0.15, 0.2) is 0 Å². The minimum absolute atomic E-state index is 0.0237. The van der Waals surface area contributed by atoms with Crippen LogP contribution in [0.2, 0.25) is 0 Å². The number of hydrogen-bond acceptors (Lipinski definition) is 5. The molecule has 1 atom stereocenters. The van der Waals surface area contributed by atoms with E-state index >= 15 is 0 Å². The third-order valence-corrected chi connectivity index (χ3v) is 10.2. The molecular weight excluding hydrogens is 462 g/mol. The second-order valence-electron chi connectivity index (χ2n) is 8.63. The molecule has 2 aliphatic heterocycles. The molecule has 4 rings (SSSR count). The van der Waals surface area contributed by atoms with Crippen LogP contribution < -0.4 is 0 Å². The molecule has 2 saturated heterocycles. The molecule has 2 aromatic carbocycles. The lowest BCUT2D eigenvalue weighted by molar-refractivity contribution is -0.137. The fourth-order valence-electron chi connectivity index (χ4n) is 4.36. The topological polar surface area (TPSA) is 95.1 Å². The normalized spacial score (nSPS) is 21.7. The Hall–Kier alpha value is -2.27. The van der Waals surface area contributed by atoms with Crippen molar-refractivity contribution in [2.45, 2.75) is 35.6 Å². The van der Waals surface area contributed by atoms with Gasteiger partial charge in [0.25, 0.3) is 0 Å². The average molecular weight is 492 g/mol. The number of likely N-dealkylation sites (tertiary alicyclic amines) is 1. The Morgan fingerprint density at radius 1 is 0.758 bits per heavy atom. The van der Waals surface area contributed by atoms with E-state index in [2.05, 4.69) is 6.92 Å². The molecule has 0 aliphatic carbocycles. The van der Waals surface area contributed by atoms with Crippen LogP contribution in [0.1, 0.15) is 19.8 Å². The molecule has 0 saturated carbocycles. The Morgan fingerprint density at radius 3 is 1.82 bits per heavy atom. The summed E-state index contributed by atoms with van der Waals surface area (Å²) >= 11 is 0. The molecule has 0 radical (unpaired) electrons. The van der Waals surface area contributed by atoms with Gasteiger partial charge in [0, 0.05) is 32.7 Å². The molecule has 0 spiro atoms. The van der Waals surface area contributed by atoms with Gasteiger partial charge in [0.05, 0.1) is 9.79 Å². The summed E-state index contributed by atoms with van der Waals surface area (Å²) in [4.78, 5) is 15.5. The van der Waals surface area contributed by atoms with Crippen LogP contribution in [0.15, 0.2) is 70.5 Å². The van der Waals surface area contributed by atoms with Crippen molar-refractivity contribution in [2.24, 2.45) is 5.92 Å². The summed E-state index contributed by atoms with van der Waals surface area (Å²) in [5.74, 6) is 0.161. The molecule has 10 heteroatoms. The molecule has 2 aliphatic rings. The van der Waals surface area contributed by atoms with E-state index in [4.69, 9.17) is 0 Å². The largest absolute Gasteiger partial charge is 0.341 e. The Kier molecular flexibility index (Phi) is 6.90. The number of nitrogens with zero attached hydrogens (tertiary/aromatic N) is 3. The molecule has 1 amide bonds. The van der Waals surface area contributed by atoms with Gasteiger partial charge in [-0.3, -0.25) is 4.79 Å². The zero-order valence-electron chi connectivity index (χ0n) is 18.6. The van der Waals surface area contributed by atoms with E-state index in [9.17, 15) is 21.6 Å². The molecule has 2 aromatic rings. The Bertz CT molecular complexity index is 1180. The van der Waals surface area contributed by atoms with Crippen LogP contribution in [0.4, 0.5) is 0 Å². The maximum absolute atomic E-state index is 13.6. The zero-order chi connectivity index (χ0) is 23.6.